The predicted molar refractivity (Wildman–Crippen MR) is 56.6 cm³/mol. The minimum atomic E-state index is -0.383. The average molecular weight is 236 g/mol. The van der Waals surface area contributed by atoms with Gasteiger partial charge in [0, 0.05) is 12.5 Å². The third kappa shape index (κ3) is 2.47. The topological polar surface area (TPSA) is 73.0 Å². The van der Waals surface area contributed by atoms with E-state index in [0.717, 1.165) is 0 Å². The number of halogens is 1. The number of rotatable bonds is 3. The standard InChI is InChI=1S/C11H10FN3O2/c1-7-14-15(11(13)17-7)6-10(16)8-2-4-9(12)5-3-8/h2-5,13H,6H2,1H3/p+1. The molecular weight excluding hydrogens is 225 g/mol. The fraction of sp³-hybridized carbons (Fsp3) is 0.182. The number of aromatic nitrogens is 2. The number of nitrogens with two attached hydrogens (primary N) is 1. The first-order valence-corrected chi connectivity index (χ1v) is 4.98. The maximum absolute atomic E-state index is 12.7. The van der Waals surface area contributed by atoms with Gasteiger partial charge in [0.25, 0.3) is 0 Å². The van der Waals surface area contributed by atoms with Gasteiger partial charge in [-0.1, -0.05) is 4.68 Å². The zero-order valence-corrected chi connectivity index (χ0v) is 9.18. The lowest BCUT2D eigenvalue weighted by Gasteiger charge is -1.97. The van der Waals surface area contributed by atoms with E-state index in [4.69, 9.17) is 10.2 Å². The molecule has 6 heteroatoms. The predicted octanol–water partition coefficient (Wildman–Crippen LogP) is 0.875. The highest BCUT2D eigenvalue weighted by molar-refractivity contribution is 5.94. The molecule has 0 fully saturated rings. The van der Waals surface area contributed by atoms with Crippen molar-refractivity contribution in [3.8, 4) is 0 Å². The van der Waals surface area contributed by atoms with Crippen molar-refractivity contribution in [1.82, 2.24) is 5.10 Å². The van der Waals surface area contributed by atoms with E-state index < -0.39 is 0 Å². The average Bonchev–Trinajstić information content (AvgIpc) is 2.58. The first-order valence-electron chi connectivity index (χ1n) is 4.98. The van der Waals surface area contributed by atoms with Crippen LogP contribution in [0.1, 0.15) is 16.2 Å². The summed E-state index contributed by atoms with van der Waals surface area (Å²) in [5, 5.41) is 3.92. The maximum Gasteiger partial charge on any atom is 0.475 e. The fourth-order valence-corrected chi connectivity index (χ4v) is 1.42. The Hall–Kier alpha value is -2.24. The Kier molecular flexibility index (Phi) is 2.86. The lowest BCUT2D eigenvalue weighted by Crippen LogP contribution is -2.42. The van der Waals surface area contributed by atoms with Gasteiger partial charge in [0.15, 0.2) is 6.54 Å². The molecule has 0 bridgehead atoms. The monoisotopic (exact) mass is 236 g/mol. The van der Waals surface area contributed by atoms with Gasteiger partial charge in [-0.05, 0) is 29.4 Å². The first kappa shape index (κ1) is 11.3. The van der Waals surface area contributed by atoms with Gasteiger partial charge in [-0.2, -0.15) is 0 Å². The summed E-state index contributed by atoms with van der Waals surface area (Å²) in [7, 11) is 0. The molecule has 1 aromatic carbocycles. The van der Waals surface area contributed by atoms with Crippen molar-refractivity contribution >= 4 is 11.8 Å². The Balaban J connectivity index is 2.17. The summed E-state index contributed by atoms with van der Waals surface area (Å²) in [5.41, 5.74) is 5.92. The van der Waals surface area contributed by atoms with Crippen LogP contribution in [0.2, 0.25) is 0 Å². The number of hydrogen-bond acceptors (Lipinski definition) is 4. The third-order valence-electron chi connectivity index (χ3n) is 2.23. The number of anilines is 1. The third-order valence-corrected chi connectivity index (χ3v) is 2.23. The van der Waals surface area contributed by atoms with Gasteiger partial charge in [0.2, 0.25) is 11.7 Å². The molecule has 17 heavy (non-hydrogen) atoms. The van der Waals surface area contributed by atoms with Crippen LogP contribution in [-0.2, 0) is 6.54 Å². The van der Waals surface area contributed by atoms with Crippen molar-refractivity contribution in [2.75, 3.05) is 5.73 Å². The first-order chi connectivity index (χ1) is 8.06. The van der Waals surface area contributed by atoms with Gasteiger partial charge in [0.05, 0.1) is 0 Å². The molecule has 0 saturated carbocycles. The Labute approximate surface area is 96.7 Å². The highest BCUT2D eigenvalue weighted by Crippen LogP contribution is 2.04. The smallest absolute Gasteiger partial charge is 0.372 e. The second-order valence-corrected chi connectivity index (χ2v) is 3.55. The van der Waals surface area contributed by atoms with Crippen LogP contribution in [0.5, 0.6) is 0 Å². The molecule has 1 heterocycles. The Morgan fingerprint density at radius 2 is 2.12 bits per heavy atom. The van der Waals surface area contributed by atoms with Crippen LogP contribution in [0.4, 0.5) is 10.4 Å². The summed E-state index contributed by atoms with van der Waals surface area (Å²) >= 11 is 0. The Morgan fingerprint density at radius 1 is 1.47 bits per heavy atom. The van der Waals surface area contributed by atoms with Crippen molar-refractivity contribution < 1.29 is 18.3 Å². The van der Waals surface area contributed by atoms with E-state index >= 15 is 0 Å². The second kappa shape index (κ2) is 4.32. The summed E-state index contributed by atoms with van der Waals surface area (Å²) in [4.78, 5) is 11.8. The largest absolute Gasteiger partial charge is 0.475 e. The normalized spacial score (nSPS) is 10.5. The summed E-state index contributed by atoms with van der Waals surface area (Å²) in [5.74, 6) is -0.213. The SMILES string of the molecule is Cc1n[n+](CC(=O)c2ccc(F)cc2)c(N)o1. The van der Waals surface area contributed by atoms with Crippen molar-refractivity contribution in [2.24, 2.45) is 0 Å². The number of aryl methyl sites for hydroxylation is 1. The number of benzene rings is 1. The van der Waals surface area contributed by atoms with Gasteiger partial charge in [0.1, 0.15) is 5.82 Å². The Morgan fingerprint density at radius 3 is 2.65 bits per heavy atom. The number of nitrogen functional groups attached to an aromatic ring is 1. The van der Waals surface area contributed by atoms with Crippen LogP contribution in [0.15, 0.2) is 28.7 Å². The molecule has 0 unspecified atom stereocenters. The van der Waals surface area contributed by atoms with E-state index in [0.29, 0.717) is 11.5 Å². The minimum Gasteiger partial charge on any atom is -0.372 e. The van der Waals surface area contributed by atoms with Crippen LogP contribution in [0.25, 0.3) is 0 Å². The van der Waals surface area contributed by atoms with Crippen LogP contribution in [0.3, 0.4) is 0 Å². The molecule has 0 saturated heterocycles. The van der Waals surface area contributed by atoms with E-state index in [1.165, 1.54) is 28.9 Å². The van der Waals surface area contributed by atoms with Gasteiger partial charge < -0.3 is 4.42 Å². The minimum absolute atomic E-state index is 0.0329. The van der Waals surface area contributed by atoms with Crippen LogP contribution < -0.4 is 10.4 Å². The molecule has 0 aliphatic rings. The lowest BCUT2D eigenvalue weighted by atomic mass is 10.1. The number of carbonyl (C=O) groups excluding carboxylic acids is 1. The number of hydrogen-bond donors (Lipinski definition) is 1. The van der Waals surface area contributed by atoms with E-state index in [1.54, 1.807) is 6.92 Å². The van der Waals surface area contributed by atoms with Gasteiger partial charge >= 0.3 is 6.01 Å². The van der Waals surface area contributed by atoms with Gasteiger partial charge in [-0.25, -0.2) is 4.39 Å². The summed E-state index contributed by atoms with van der Waals surface area (Å²) in [6.45, 7) is 1.60. The van der Waals surface area contributed by atoms with Crippen molar-refractivity contribution in [3.05, 3.63) is 41.5 Å². The lowest BCUT2D eigenvalue weighted by molar-refractivity contribution is -0.727. The molecule has 2 aromatic rings. The second-order valence-electron chi connectivity index (χ2n) is 3.55. The molecule has 5 nitrogen and oxygen atoms in total. The molecule has 0 aliphatic carbocycles. The molecule has 2 rings (SSSR count). The molecule has 0 amide bonds. The van der Waals surface area contributed by atoms with Crippen molar-refractivity contribution in [3.63, 3.8) is 0 Å². The molecule has 2 N–H and O–H groups in total. The van der Waals surface area contributed by atoms with E-state index in [-0.39, 0.29) is 24.2 Å². The van der Waals surface area contributed by atoms with Gasteiger partial charge in [-0.3, -0.25) is 10.5 Å². The molecule has 0 aliphatic heterocycles. The van der Waals surface area contributed by atoms with Crippen LogP contribution in [0, 0.1) is 12.7 Å². The number of nitrogens with zero attached hydrogens (tertiary/aromatic N) is 2. The highest BCUT2D eigenvalue weighted by Gasteiger charge is 2.18. The maximum atomic E-state index is 12.7. The molecule has 1 aromatic heterocycles. The van der Waals surface area contributed by atoms with Crippen molar-refractivity contribution in [2.45, 2.75) is 13.5 Å². The summed E-state index contributed by atoms with van der Waals surface area (Å²) in [6.07, 6.45) is 0. The molecule has 0 spiro atoms. The van der Waals surface area contributed by atoms with Crippen molar-refractivity contribution in [1.29, 1.82) is 0 Å². The summed E-state index contributed by atoms with van der Waals surface area (Å²) < 4.78 is 18.9. The molecule has 0 atom stereocenters. The van der Waals surface area contributed by atoms with Gasteiger partial charge in [-0.15, -0.1) is 0 Å². The highest BCUT2D eigenvalue weighted by atomic mass is 19.1. The number of Topliss-reactive ketones (excluding diaryl/α,β-unsaturated/α-hetero) is 1. The molecule has 88 valence electrons. The van der Waals surface area contributed by atoms with Crippen LogP contribution in [-0.4, -0.2) is 10.9 Å². The quantitative estimate of drug-likeness (QED) is 0.634. The summed E-state index contributed by atoms with van der Waals surface area (Å²) in [6, 6.07) is 5.37. The van der Waals surface area contributed by atoms with Crippen LogP contribution >= 0.6 is 0 Å². The zero-order valence-electron chi connectivity index (χ0n) is 9.18. The van der Waals surface area contributed by atoms with E-state index in [1.807, 2.05) is 0 Å². The zero-order chi connectivity index (χ0) is 12.4. The molecular formula is C11H11FN3O2+. The Bertz CT molecular complexity index is 548. The van der Waals surface area contributed by atoms with E-state index in [9.17, 15) is 9.18 Å². The van der Waals surface area contributed by atoms with E-state index in [2.05, 4.69) is 5.10 Å². The number of carbonyl (C=O) groups is 1. The molecule has 0 radical (unpaired) electrons. The number of ketones is 1. The fourth-order valence-electron chi connectivity index (χ4n) is 1.42.